The molecule has 0 fully saturated rings. The number of aromatic nitrogens is 2. The molecule has 6 rings (SSSR count). The SMILES string of the molecule is CCCCSc1ccc(-c2nn(-c3ccccc3)cc2/C=C2\C(=O)N(c3ccccc3)N=C2c2ccccc2)cc1. The van der Waals surface area contributed by atoms with E-state index in [4.69, 9.17) is 10.2 Å². The van der Waals surface area contributed by atoms with Gasteiger partial charge in [-0.15, -0.1) is 11.8 Å². The molecule has 0 aliphatic carbocycles. The maximum Gasteiger partial charge on any atom is 0.281 e. The van der Waals surface area contributed by atoms with E-state index in [0.717, 1.165) is 39.5 Å². The van der Waals surface area contributed by atoms with Crippen molar-refractivity contribution in [2.75, 3.05) is 10.8 Å². The minimum Gasteiger partial charge on any atom is -0.267 e. The maximum absolute atomic E-state index is 13.9. The topological polar surface area (TPSA) is 50.5 Å². The third kappa shape index (κ3) is 5.79. The van der Waals surface area contributed by atoms with Crippen LogP contribution < -0.4 is 5.01 Å². The first kappa shape index (κ1) is 26.5. The van der Waals surface area contributed by atoms with E-state index in [-0.39, 0.29) is 5.91 Å². The Kier molecular flexibility index (Phi) is 7.92. The van der Waals surface area contributed by atoms with E-state index < -0.39 is 0 Å². The number of thioether (sulfide) groups is 1. The summed E-state index contributed by atoms with van der Waals surface area (Å²) in [5.74, 6) is 0.938. The molecule has 4 aromatic carbocycles. The van der Waals surface area contributed by atoms with Crippen LogP contribution in [0.2, 0.25) is 0 Å². The van der Waals surface area contributed by atoms with Gasteiger partial charge in [0.25, 0.3) is 5.91 Å². The highest BCUT2D eigenvalue weighted by Gasteiger charge is 2.32. The number of hydrazone groups is 1. The predicted octanol–water partition coefficient (Wildman–Crippen LogP) is 8.27. The molecular formula is C35H30N4OS. The van der Waals surface area contributed by atoms with Crippen LogP contribution in [-0.4, -0.2) is 27.2 Å². The van der Waals surface area contributed by atoms with Gasteiger partial charge in [-0.2, -0.15) is 15.2 Å². The average Bonchev–Trinajstić information content (AvgIpc) is 3.60. The fraction of sp³-hybridized carbons (Fsp3) is 0.114. The molecule has 0 unspecified atom stereocenters. The Morgan fingerprint density at radius 1 is 0.756 bits per heavy atom. The van der Waals surface area contributed by atoms with Gasteiger partial charge in [-0.1, -0.05) is 92.2 Å². The number of para-hydroxylation sites is 2. The standard InChI is InChI=1S/C35H30N4OS/c1-2-3-23-41-31-21-19-27(20-22-31)33-28(25-38(36-33)29-15-9-5-10-16-29)24-32-34(26-13-7-4-8-14-26)37-39(35(32)40)30-17-11-6-12-18-30/h4-22,24-25H,2-3,23H2,1H3/b32-24-. The lowest BCUT2D eigenvalue weighted by molar-refractivity contribution is -0.114. The molecule has 0 atom stereocenters. The summed E-state index contributed by atoms with van der Waals surface area (Å²) in [4.78, 5) is 15.1. The molecular weight excluding hydrogens is 524 g/mol. The molecule has 6 heteroatoms. The molecule has 1 amide bonds. The zero-order valence-electron chi connectivity index (χ0n) is 22.9. The summed E-state index contributed by atoms with van der Waals surface area (Å²) in [6.45, 7) is 2.21. The largest absolute Gasteiger partial charge is 0.281 e. The molecule has 1 aliphatic heterocycles. The summed E-state index contributed by atoms with van der Waals surface area (Å²) in [5, 5.41) is 11.3. The average molecular weight is 555 g/mol. The van der Waals surface area contributed by atoms with Gasteiger partial charge in [0, 0.05) is 27.8 Å². The molecule has 5 aromatic rings. The second-order valence-corrected chi connectivity index (χ2v) is 10.9. The predicted molar refractivity (Wildman–Crippen MR) is 170 cm³/mol. The summed E-state index contributed by atoms with van der Waals surface area (Å²) in [6.07, 6.45) is 6.31. The maximum atomic E-state index is 13.9. The van der Waals surface area contributed by atoms with Gasteiger partial charge in [0.2, 0.25) is 0 Å². The molecule has 5 nitrogen and oxygen atoms in total. The minimum atomic E-state index is -0.170. The van der Waals surface area contributed by atoms with Gasteiger partial charge in [-0.05, 0) is 54.6 Å². The molecule has 41 heavy (non-hydrogen) atoms. The smallest absolute Gasteiger partial charge is 0.267 e. The molecule has 1 aliphatic rings. The van der Waals surface area contributed by atoms with Crippen LogP contribution in [0.4, 0.5) is 5.69 Å². The van der Waals surface area contributed by atoms with Crippen molar-refractivity contribution in [3.8, 4) is 16.9 Å². The van der Waals surface area contributed by atoms with Crippen LogP contribution in [0, 0.1) is 0 Å². The molecule has 2 heterocycles. The van der Waals surface area contributed by atoms with Gasteiger partial charge >= 0.3 is 0 Å². The van der Waals surface area contributed by atoms with E-state index in [1.54, 1.807) is 0 Å². The van der Waals surface area contributed by atoms with Gasteiger partial charge in [-0.3, -0.25) is 4.79 Å². The zero-order chi connectivity index (χ0) is 28.0. The van der Waals surface area contributed by atoms with Crippen LogP contribution in [0.15, 0.2) is 137 Å². The van der Waals surface area contributed by atoms with Crippen molar-refractivity contribution < 1.29 is 4.79 Å². The minimum absolute atomic E-state index is 0.170. The fourth-order valence-corrected chi connectivity index (χ4v) is 5.72. The van der Waals surface area contributed by atoms with E-state index in [9.17, 15) is 4.79 Å². The lowest BCUT2D eigenvalue weighted by Gasteiger charge is -2.10. The van der Waals surface area contributed by atoms with Crippen molar-refractivity contribution in [3.05, 3.63) is 138 Å². The van der Waals surface area contributed by atoms with Crippen molar-refractivity contribution in [1.29, 1.82) is 0 Å². The van der Waals surface area contributed by atoms with Crippen LogP contribution in [0.1, 0.15) is 30.9 Å². The normalized spacial score (nSPS) is 14.1. The van der Waals surface area contributed by atoms with Gasteiger partial charge in [-0.25, -0.2) is 4.68 Å². The van der Waals surface area contributed by atoms with Crippen LogP contribution >= 0.6 is 11.8 Å². The Bertz CT molecular complexity index is 1690. The molecule has 1 aromatic heterocycles. The monoisotopic (exact) mass is 554 g/mol. The Balaban J connectivity index is 1.45. The van der Waals surface area contributed by atoms with Crippen LogP contribution in [-0.2, 0) is 4.79 Å². The molecule has 0 spiro atoms. The summed E-state index contributed by atoms with van der Waals surface area (Å²) < 4.78 is 1.87. The molecule has 0 saturated carbocycles. The van der Waals surface area contributed by atoms with Crippen molar-refractivity contribution >= 4 is 35.1 Å². The first-order valence-corrected chi connectivity index (χ1v) is 14.8. The Morgan fingerprint density at radius 3 is 2.05 bits per heavy atom. The lowest BCUT2D eigenvalue weighted by Crippen LogP contribution is -2.21. The quantitative estimate of drug-likeness (QED) is 0.105. The summed E-state index contributed by atoms with van der Waals surface area (Å²) >= 11 is 1.87. The van der Waals surface area contributed by atoms with Gasteiger partial charge in [0.15, 0.2) is 0 Å². The number of hydrogen-bond acceptors (Lipinski definition) is 4. The van der Waals surface area contributed by atoms with Crippen molar-refractivity contribution in [2.45, 2.75) is 24.7 Å². The number of hydrogen-bond donors (Lipinski definition) is 0. The second-order valence-electron chi connectivity index (χ2n) is 9.76. The van der Waals surface area contributed by atoms with Gasteiger partial charge < -0.3 is 0 Å². The first-order chi connectivity index (χ1) is 20.2. The van der Waals surface area contributed by atoms with Crippen molar-refractivity contribution in [3.63, 3.8) is 0 Å². The third-order valence-electron chi connectivity index (χ3n) is 6.88. The Hall–Kier alpha value is -4.68. The summed E-state index contributed by atoms with van der Waals surface area (Å²) in [5.41, 5.74) is 6.38. The summed E-state index contributed by atoms with van der Waals surface area (Å²) in [6, 6.07) is 38.0. The highest BCUT2D eigenvalue weighted by molar-refractivity contribution is 7.99. The number of carbonyl (C=O) groups is 1. The first-order valence-electron chi connectivity index (χ1n) is 13.8. The van der Waals surface area contributed by atoms with E-state index in [1.807, 2.05) is 120 Å². The second kappa shape index (κ2) is 12.2. The van der Waals surface area contributed by atoms with Gasteiger partial charge in [0.05, 0.1) is 22.6 Å². The van der Waals surface area contributed by atoms with Crippen LogP contribution in [0.3, 0.4) is 0 Å². The van der Waals surface area contributed by atoms with E-state index in [2.05, 4.69) is 31.2 Å². The lowest BCUT2D eigenvalue weighted by atomic mass is 9.99. The molecule has 0 saturated heterocycles. The van der Waals surface area contributed by atoms with Crippen LogP contribution in [0.25, 0.3) is 23.0 Å². The molecule has 0 N–H and O–H groups in total. The Labute approximate surface area is 244 Å². The Morgan fingerprint density at radius 2 is 1.39 bits per heavy atom. The van der Waals surface area contributed by atoms with Crippen LogP contribution in [0.5, 0.6) is 0 Å². The highest BCUT2D eigenvalue weighted by atomic mass is 32.2. The van der Waals surface area contributed by atoms with E-state index in [1.165, 1.54) is 22.7 Å². The molecule has 0 radical (unpaired) electrons. The van der Waals surface area contributed by atoms with Crippen molar-refractivity contribution in [2.24, 2.45) is 5.10 Å². The summed E-state index contributed by atoms with van der Waals surface area (Å²) in [7, 11) is 0. The molecule has 202 valence electrons. The van der Waals surface area contributed by atoms with E-state index in [0.29, 0.717) is 11.3 Å². The zero-order valence-corrected chi connectivity index (χ0v) is 23.7. The fourth-order valence-electron chi connectivity index (χ4n) is 4.73. The number of anilines is 1. The number of unbranched alkanes of at least 4 members (excludes halogenated alkanes) is 1. The van der Waals surface area contributed by atoms with Gasteiger partial charge in [0.1, 0.15) is 5.71 Å². The number of nitrogens with zero attached hydrogens (tertiary/aromatic N) is 4. The molecule has 0 bridgehead atoms. The third-order valence-corrected chi connectivity index (χ3v) is 7.98. The number of amides is 1. The number of carbonyl (C=O) groups excluding carboxylic acids is 1. The highest BCUT2D eigenvalue weighted by Crippen LogP contribution is 2.32. The van der Waals surface area contributed by atoms with Crippen molar-refractivity contribution in [1.82, 2.24) is 9.78 Å². The number of benzene rings is 4. The van der Waals surface area contributed by atoms with E-state index >= 15 is 0 Å². The number of rotatable bonds is 9.